The smallest absolute Gasteiger partial charge is 0.309 e. The van der Waals surface area contributed by atoms with E-state index in [9.17, 15) is 14.7 Å². The number of carboxylic acids is 1. The van der Waals surface area contributed by atoms with Crippen LogP contribution in [0.15, 0.2) is 0 Å². The van der Waals surface area contributed by atoms with Crippen LogP contribution in [0, 0.1) is 16.7 Å². The van der Waals surface area contributed by atoms with Crippen LogP contribution in [-0.4, -0.2) is 24.2 Å². The molecule has 0 heterocycles. The van der Waals surface area contributed by atoms with Crippen molar-refractivity contribution in [2.45, 2.75) is 33.6 Å². The largest absolute Gasteiger partial charge is 0.481 e. The summed E-state index contributed by atoms with van der Waals surface area (Å²) in [6, 6.07) is 0. The molecule has 86 valence electrons. The molecule has 0 aromatic rings. The van der Waals surface area contributed by atoms with Gasteiger partial charge < -0.3 is 9.84 Å². The van der Waals surface area contributed by atoms with Crippen molar-refractivity contribution in [2.24, 2.45) is 16.7 Å². The molecule has 1 rings (SSSR count). The standard InChI is InChI=1S/C11H18O4/c1-10(2)7(8(12)15-4)5-6-11(10,3)9(13)14/h7H,5-6H2,1-4H3,(H,13,14)/t7?,11-/m0/s1. The number of esters is 1. The first-order chi connectivity index (χ1) is 6.77. The summed E-state index contributed by atoms with van der Waals surface area (Å²) < 4.78 is 4.71. The molecule has 4 heteroatoms. The van der Waals surface area contributed by atoms with E-state index in [2.05, 4.69) is 0 Å². The minimum atomic E-state index is -0.841. The van der Waals surface area contributed by atoms with Crippen LogP contribution in [0.3, 0.4) is 0 Å². The van der Waals surface area contributed by atoms with Gasteiger partial charge in [-0.3, -0.25) is 9.59 Å². The highest BCUT2D eigenvalue weighted by Crippen LogP contribution is 2.56. The fourth-order valence-corrected chi connectivity index (χ4v) is 2.44. The number of aliphatic carboxylic acids is 1. The summed E-state index contributed by atoms with van der Waals surface area (Å²) in [5.41, 5.74) is -1.40. The lowest BCUT2D eigenvalue weighted by Gasteiger charge is -2.37. The molecule has 0 aliphatic heterocycles. The SMILES string of the molecule is COC(=O)C1CC[C@@](C)(C(=O)O)C1(C)C. The van der Waals surface area contributed by atoms with Crippen LogP contribution in [0.1, 0.15) is 33.6 Å². The van der Waals surface area contributed by atoms with Crippen LogP contribution < -0.4 is 0 Å². The van der Waals surface area contributed by atoms with Gasteiger partial charge in [-0.15, -0.1) is 0 Å². The Balaban J connectivity index is 3.04. The second-order valence-electron chi connectivity index (χ2n) is 4.97. The summed E-state index contributed by atoms with van der Waals surface area (Å²) in [6.07, 6.45) is 1.11. The lowest BCUT2D eigenvalue weighted by molar-refractivity contribution is -0.159. The third-order valence-electron chi connectivity index (χ3n) is 4.18. The molecule has 0 aromatic carbocycles. The van der Waals surface area contributed by atoms with E-state index in [1.54, 1.807) is 6.92 Å². The quantitative estimate of drug-likeness (QED) is 0.710. The van der Waals surface area contributed by atoms with Crippen LogP contribution in [0.25, 0.3) is 0 Å². The molecular weight excluding hydrogens is 196 g/mol. The highest BCUT2D eigenvalue weighted by atomic mass is 16.5. The molecule has 0 aromatic heterocycles. The molecule has 0 amide bonds. The highest BCUT2D eigenvalue weighted by Gasteiger charge is 2.58. The van der Waals surface area contributed by atoms with Crippen LogP contribution in [-0.2, 0) is 14.3 Å². The zero-order chi connectivity index (χ0) is 11.9. The van der Waals surface area contributed by atoms with Gasteiger partial charge in [-0.1, -0.05) is 13.8 Å². The molecule has 2 atom stereocenters. The van der Waals surface area contributed by atoms with Gasteiger partial charge in [0.2, 0.25) is 0 Å². The van der Waals surface area contributed by atoms with E-state index < -0.39 is 16.8 Å². The predicted octanol–water partition coefficient (Wildman–Crippen LogP) is 1.69. The minimum absolute atomic E-state index is 0.301. The van der Waals surface area contributed by atoms with Crippen molar-refractivity contribution in [3.63, 3.8) is 0 Å². The molecule has 1 aliphatic carbocycles. The van der Waals surface area contributed by atoms with Crippen molar-refractivity contribution in [3.05, 3.63) is 0 Å². The summed E-state index contributed by atoms with van der Waals surface area (Å²) in [7, 11) is 1.34. The zero-order valence-electron chi connectivity index (χ0n) is 9.66. The van der Waals surface area contributed by atoms with Gasteiger partial charge in [-0.05, 0) is 25.2 Å². The average Bonchev–Trinajstić information content (AvgIpc) is 2.39. The minimum Gasteiger partial charge on any atom is -0.481 e. The normalized spacial score (nSPS) is 33.7. The van der Waals surface area contributed by atoms with E-state index in [-0.39, 0.29) is 11.9 Å². The van der Waals surface area contributed by atoms with Gasteiger partial charge in [-0.2, -0.15) is 0 Å². The summed E-state index contributed by atoms with van der Waals surface area (Å²) in [4.78, 5) is 22.8. The van der Waals surface area contributed by atoms with Crippen molar-refractivity contribution in [1.29, 1.82) is 0 Å². The number of ether oxygens (including phenoxy) is 1. The lowest BCUT2D eigenvalue weighted by Crippen LogP contribution is -2.42. The average molecular weight is 214 g/mol. The Morgan fingerprint density at radius 1 is 1.33 bits per heavy atom. The third kappa shape index (κ3) is 1.52. The highest BCUT2D eigenvalue weighted by molar-refractivity contribution is 5.80. The monoisotopic (exact) mass is 214 g/mol. The Morgan fingerprint density at radius 3 is 2.20 bits per heavy atom. The number of hydrogen-bond donors (Lipinski definition) is 1. The molecule has 1 saturated carbocycles. The van der Waals surface area contributed by atoms with E-state index in [4.69, 9.17) is 4.74 Å². The Morgan fingerprint density at radius 2 is 1.87 bits per heavy atom. The van der Waals surface area contributed by atoms with Crippen LogP contribution >= 0.6 is 0 Å². The second kappa shape index (κ2) is 3.51. The Bertz CT molecular complexity index is 295. The number of carbonyl (C=O) groups excluding carboxylic acids is 1. The predicted molar refractivity (Wildman–Crippen MR) is 54.3 cm³/mol. The van der Waals surface area contributed by atoms with E-state index in [1.807, 2.05) is 13.8 Å². The fourth-order valence-electron chi connectivity index (χ4n) is 2.44. The molecule has 0 saturated heterocycles. The van der Waals surface area contributed by atoms with Gasteiger partial charge in [-0.25, -0.2) is 0 Å². The Hall–Kier alpha value is -1.06. The fraction of sp³-hybridized carbons (Fsp3) is 0.818. The van der Waals surface area contributed by atoms with Gasteiger partial charge in [0, 0.05) is 0 Å². The van der Waals surface area contributed by atoms with E-state index in [0.29, 0.717) is 12.8 Å². The van der Waals surface area contributed by atoms with Crippen LogP contribution in [0.5, 0.6) is 0 Å². The first kappa shape index (κ1) is 12.0. The molecule has 15 heavy (non-hydrogen) atoms. The van der Waals surface area contributed by atoms with Gasteiger partial charge in [0.25, 0.3) is 0 Å². The zero-order valence-corrected chi connectivity index (χ0v) is 9.66. The maximum Gasteiger partial charge on any atom is 0.309 e. The Kier molecular flexibility index (Phi) is 2.81. The maximum atomic E-state index is 11.5. The first-order valence-corrected chi connectivity index (χ1v) is 5.08. The number of carbonyl (C=O) groups is 2. The first-order valence-electron chi connectivity index (χ1n) is 5.08. The Labute approximate surface area is 89.6 Å². The van der Waals surface area contributed by atoms with Crippen LogP contribution in [0.2, 0.25) is 0 Å². The van der Waals surface area contributed by atoms with Crippen molar-refractivity contribution < 1.29 is 19.4 Å². The molecule has 1 unspecified atom stereocenters. The van der Waals surface area contributed by atoms with E-state index in [1.165, 1.54) is 7.11 Å². The van der Waals surface area contributed by atoms with Crippen molar-refractivity contribution in [2.75, 3.05) is 7.11 Å². The summed E-state index contributed by atoms with van der Waals surface area (Å²) in [6.45, 7) is 5.36. The van der Waals surface area contributed by atoms with E-state index >= 15 is 0 Å². The third-order valence-corrected chi connectivity index (χ3v) is 4.18. The summed E-state index contributed by atoms with van der Waals surface area (Å²) in [5, 5.41) is 9.23. The lowest BCUT2D eigenvalue weighted by atomic mass is 9.66. The van der Waals surface area contributed by atoms with Crippen LogP contribution in [0.4, 0.5) is 0 Å². The van der Waals surface area contributed by atoms with Gasteiger partial charge in [0.15, 0.2) is 0 Å². The molecule has 0 radical (unpaired) electrons. The molecule has 0 bridgehead atoms. The number of rotatable bonds is 2. The molecule has 1 aliphatic rings. The number of methoxy groups -OCH3 is 1. The van der Waals surface area contributed by atoms with Gasteiger partial charge in [0.1, 0.15) is 0 Å². The topological polar surface area (TPSA) is 63.6 Å². The number of carboxylic acid groups (broad SMARTS) is 1. The summed E-state index contributed by atoms with van der Waals surface area (Å²) in [5.74, 6) is -1.45. The van der Waals surface area contributed by atoms with Crippen molar-refractivity contribution in [1.82, 2.24) is 0 Å². The van der Waals surface area contributed by atoms with Gasteiger partial charge >= 0.3 is 11.9 Å². The van der Waals surface area contributed by atoms with Gasteiger partial charge in [0.05, 0.1) is 18.4 Å². The maximum absolute atomic E-state index is 11.5. The van der Waals surface area contributed by atoms with E-state index in [0.717, 1.165) is 0 Å². The molecule has 0 spiro atoms. The number of hydrogen-bond acceptors (Lipinski definition) is 3. The van der Waals surface area contributed by atoms with Crippen molar-refractivity contribution in [3.8, 4) is 0 Å². The molecular formula is C11H18O4. The molecule has 4 nitrogen and oxygen atoms in total. The molecule has 1 N–H and O–H groups in total. The molecule has 1 fully saturated rings. The summed E-state index contributed by atoms with van der Waals surface area (Å²) >= 11 is 0. The second-order valence-corrected chi connectivity index (χ2v) is 4.97. The van der Waals surface area contributed by atoms with Crippen molar-refractivity contribution >= 4 is 11.9 Å².